The molecule has 186 valence electrons. The molecule has 3 rings (SSSR count). The third kappa shape index (κ3) is 6.09. The van der Waals surface area contributed by atoms with Gasteiger partial charge in [0.05, 0.1) is 24.5 Å². The van der Waals surface area contributed by atoms with Crippen LogP contribution in [0.1, 0.15) is 51.9 Å². The number of carbonyl (C=O) groups is 3. The van der Waals surface area contributed by atoms with Crippen molar-refractivity contribution in [2.75, 3.05) is 24.3 Å². The molecule has 0 aliphatic carbocycles. The van der Waals surface area contributed by atoms with Crippen molar-refractivity contribution >= 4 is 45.9 Å². The van der Waals surface area contributed by atoms with Gasteiger partial charge in [-0.3, -0.25) is 4.79 Å². The molecule has 1 N–H and O–H groups in total. The number of rotatable bonds is 10. The van der Waals surface area contributed by atoms with Crippen molar-refractivity contribution in [2.45, 2.75) is 46.3 Å². The second-order valence-corrected chi connectivity index (χ2v) is 9.42. The number of ether oxygens (including phenoxy) is 2. The Kier molecular flexibility index (Phi) is 9.05. The molecule has 0 fully saturated rings. The minimum absolute atomic E-state index is 0.0417. The van der Waals surface area contributed by atoms with Gasteiger partial charge in [-0.05, 0) is 40.2 Å². The summed E-state index contributed by atoms with van der Waals surface area (Å²) in [6.07, 6.45) is 0. The smallest absolute Gasteiger partial charge is 0.348 e. The van der Waals surface area contributed by atoms with Gasteiger partial charge in [0.25, 0.3) is 0 Å². The zero-order valence-electron chi connectivity index (χ0n) is 20.3. The Labute approximate surface area is 212 Å². The monoisotopic (exact) mass is 516 g/mol. The average Bonchev–Trinajstić information content (AvgIpc) is 3.39. The van der Waals surface area contributed by atoms with Gasteiger partial charge in [-0.2, -0.15) is 0 Å². The Hall–Kier alpha value is -3.18. The molecule has 0 saturated carbocycles. The highest BCUT2D eigenvalue weighted by molar-refractivity contribution is 7.99. The van der Waals surface area contributed by atoms with Crippen LogP contribution in [0.25, 0.3) is 11.4 Å². The maximum absolute atomic E-state index is 12.8. The normalized spacial score (nSPS) is 10.8. The molecule has 2 aromatic heterocycles. The standard InChI is InChI=1S/C24H28N4O5S2/c1-6-28-20(16-11-9-14(4)10-12-16)26-27-24(28)34-13-17(29)25-21-18(22(30)32-7-2)15(5)19(35-21)23(31)33-8-3/h9-12H,6-8,13H2,1-5H3,(H,25,29). The van der Waals surface area contributed by atoms with E-state index in [1.54, 1.807) is 20.8 Å². The molecule has 11 heteroatoms. The third-order valence-corrected chi connectivity index (χ3v) is 7.17. The van der Waals surface area contributed by atoms with Gasteiger partial charge in [-0.1, -0.05) is 41.6 Å². The fourth-order valence-electron chi connectivity index (χ4n) is 3.33. The van der Waals surface area contributed by atoms with Crippen molar-refractivity contribution in [3.05, 3.63) is 45.8 Å². The fourth-order valence-corrected chi connectivity index (χ4v) is 5.24. The van der Waals surface area contributed by atoms with Crippen LogP contribution in [0, 0.1) is 13.8 Å². The Morgan fingerprint density at radius 3 is 2.29 bits per heavy atom. The summed E-state index contributed by atoms with van der Waals surface area (Å²) >= 11 is 2.24. The summed E-state index contributed by atoms with van der Waals surface area (Å²) in [5.41, 5.74) is 2.68. The van der Waals surface area contributed by atoms with E-state index in [2.05, 4.69) is 15.5 Å². The van der Waals surface area contributed by atoms with E-state index in [-0.39, 0.29) is 40.3 Å². The number of nitrogens with one attached hydrogen (secondary N) is 1. The number of aryl methyl sites for hydroxylation is 1. The van der Waals surface area contributed by atoms with Crippen molar-refractivity contribution in [3.8, 4) is 11.4 Å². The lowest BCUT2D eigenvalue weighted by Crippen LogP contribution is -2.17. The lowest BCUT2D eigenvalue weighted by Gasteiger charge is -2.08. The van der Waals surface area contributed by atoms with Gasteiger partial charge in [-0.25, -0.2) is 9.59 Å². The van der Waals surface area contributed by atoms with Gasteiger partial charge in [-0.15, -0.1) is 21.5 Å². The molecule has 3 aromatic rings. The molecule has 0 aliphatic rings. The van der Waals surface area contributed by atoms with Crippen LogP contribution in [0.2, 0.25) is 0 Å². The highest BCUT2D eigenvalue weighted by Gasteiger charge is 2.27. The first-order valence-electron chi connectivity index (χ1n) is 11.2. The van der Waals surface area contributed by atoms with Crippen LogP contribution in [-0.2, 0) is 20.8 Å². The van der Waals surface area contributed by atoms with Crippen LogP contribution in [0.15, 0.2) is 29.4 Å². The predicted octanol–water partition coefficient (Wildman–Crippen LogP) is 4.73. The van der Waals surface area contributed by atoms with Crippen LogP contribution >= 0.6 is 23.1 Å². The number of thiophene rings is 1. The van der Waals surface area contributed by atoms with E-state index >= 15 is 0 Å². The van der Waals surface area contributed by atoms with E-state index in [0.717, 1.165) is 28.3 Å². The Morgan fingerprint density at radius 2 is 1.66 bits per heavy atom. The number of thioether (sulfide) groups is 1. The summed E-state index contributed by atoms with van der Waals surface area (Å²) < 4.78 is 12.2. The largest absolute Gasteiger partial charge is 0.462 e. The molecule has 2 heterocycles. The third-order valence-electron chi connectivity index (χ3n) is 5.02. The van der Waals surface area contributed by atoms with Crippen molar-refractivity contribution < 1.29 is 23.9 Å². The maximum Gasteiger partial charge on any atom is 0.348 e. The molecule has 0 atom stereocenters. The van der Waals surface area contributed by atoms with E-state index in [0.29, 0.717) is 17.3 Å². The molecule has 9 nitrogen and oxygen atoms in total. The molecule has 0 aliphatic heterocycles. The number of benzene rings is 1. The lowest BCUT2D eigenvalue weighted by atomic mass is 10.1. The highest BCUT2D eigenvalue weighted by atomic mass is 32.2. The summed E-state index contributed by atoms with van der Waals surface area (Å²) in [6.45, 7) is 10.0. The van der Waals surface area contributed by atoms with Crippen molar-refractivity contribution in [1.29, 1.82) is 0 Å². The van der Waals surface area contributed by atoms with E-state index in [9.17, 15) is 14.4 Å². The van der Waals surface area contributed by atoms with E-state index in [4.69, 9.17) is 9.47 Å². The van der Waals surface area contributed by atoms with Gasteiger partial charge < -0.3 is 19.4 Å². The maximum atomic E-state index is 12.8. The van der Waals surface area contributed by atoms with Crippen LogP contribution in [0.4, 0.5) is 5.00 Å². The Balaban J connectivity index is 1.77. The summed E-state index contributed by atoms with van der Waals surface area (Å²) in [4.78, 5) is 37.9. The van der Waals surface area contributed by atoms with Crippen molar-refractivity contribution in [3.63, 3.8) is 0 Å². The molecule has 35 heavy (non-hydrogen) atoms. The van der Waals surface area contributed by atoms with Gasteiger partial charge in [0.2, 0.25) is 5.91 Å². The molecule has 0 saturated heterocycles. The van der Waals surface area contributed by atoms with E-state index in [1.165, 1.54) is 11.8 Å². The minimum atomic E-state index is -0.604. The van der Waals surface area contributed by atoms with Crippen LogP contribution in [-0.4, -0.2) is 51.6 Å². The molecule has 1 aromatic carbocycles. The lowest BCUT2D eigenvalue weighted by molar-refractivity contribution is -0.113. The average molecular weight is 517 g/mol. The van der Waals surface area contributed by atoms with Crippen molar-refractivity contribution in [1.82, 2.24) is 14.8 Å². The molecular weight excluding hydrogens is 488 g/mol. The first kappa shape index (κ1) is 26.4. The minimum Gasteiger partial charge on any atom is -0.462 e. The van der Waals surface area contributed by atoms with Gasteiger partial charge in [0.1, 0.15) is 9.88 Å². The second-order valence-electron chi connectivity index (χ2n) is 7.45. The van der Waals surface area contributed by atoms with Gasteiger partial charge in [0.15, 0.2) is 11.0 Å². The first-order chi connectivity index (χ1) is 16.8. The summed E-state index contributed by atoms with van der Waals surface area (Å²) in [7, 11) is 0. The van der Waals surface area contributed by atoms with E-state index in [1.807, 2.05) is 42.7 Å². The zero-order valence-corrected chi connectivity index (χ0v) is 22.0. The summed E-state index contributed by atoms with van der Waals surface area (Å²) in [6, 6.07) is 8.01. The number of aromatic nitrogens is 3. The quantitative estimate of drug-likeness (QED) is 0.304. The topological polar surface area (TPSA) is 112 Å². The van der Waals surface area contributed by atoms with E-state index < -0.39 is 11.9 Å². The predicted molar refractivity (Wildman–Crippen MR) is 136 cm³/mol. The van der Waals surface area contributed by atoms with Crippen molar-refractivity contribution in [2.24, 2.45) is 0 Å². The zero-order chi connectivity index (χ0) is 25.5. The number of anilines is 1. The number of hydrogen-bond acceptors (Lipinski definition) is 9. The van der Waals surface area contributed by atoms with Crippen LogP contribution < -0.4 is 5.32 Å². The Bertz CT molecular complexity index is 1220. The second kappa shape index (κ2) is 12.0. The molecule has 0 bridgehead atoms. The molecular formula is C24H28N4O5S2. The first-order valence-corrected chi connectivity index (χ1v) is 13.0. The number of carbonyl (C=O) groups excluding carboxylic acids is 3. The fraction of sp³-hybridized carbons (Fsp3) is 0.375. The number of hydrogen-bond donors (Lipinski definition) is 1. The molecule has 0 spiro atoms. The number of esters is 2. The van der Waals surface area contributed by atoms with Crippen LogP contribution in [0.3, 0.4) is 0 Å². The summed E-state index contributed by atoms with van der Waals surface area (Å²) in [5.74, 6) is -0.726. The Morgan fingerprint density at radius 1 is 1.00 bits per heavy atom. The SMILES string of the molecule is CCOC(=O)c1sc(NC(=O)CSc2nnc(-c3ccc(C)cc3)n2CC)c(C(=O)OCC)c1C. The van der Waals surface area contributed by atoms with Gasteiger partial charge >= 0.3 is 11.9 Å². The highest BCUT2D eigenvalue weighted by Crippen LogP contribution is 2.34. The number of nitrogens with zero attached hydrogens (tertiary/aromatic N) is 3. The van der Waals surface area contributed by atoms with Crippen LogP contribution in [0.5, 0.6) is 0 Å². The molecule has 1 amide bonds. The number of amides is 1. The molecule has 0 radical (unpaired) electrons. The van der Waals surface area contributed by atoms with Gasteiger partial charge in [0, 0.05) is 12.1 Å². The summed E-state index contributed by atoms with van der Waals surface area (Å²) in [5, 5.41) is 12.2. The molecule has 0 unspecified atom stereocenters.